The van der Waals surface area contributed by atoms with Crippen LogP contribution in [0.2, 0.25) is 0 Å². The zero-order chi connectivity index (χ0) is 7.33. The molecule has 2 heteroatoms. The van der Waals surface area contributed by atoms with Crippen molar-refractivity contribution in [2.24, 2.45) is 0 Å². The quantitative estimate of drug-likeness (QED) is 0.407. The molecule has 2 nitrogen and oxygen atoms in total. The third-order valence-electron chi connectivity index (χ3n) is 0.769. The summed E-state index contributed by atoms with van der Waals surface area (Å²) < 4.78 is 4.62. The highest BCUT2D eigenvalue weighted by Crippen LogP contribution is 2.03. The Morgan fingerprint density at radius 2 is 2.11 bits per heavy atom. The van der Waals surface area contributed by atoms with E-state index in [0.717, 1.165) is 0 Å². The van der Waals surface area contributed by atoms with E-state index in [2.05, 4.69) is 16.6 Å². The van der Waals surface area contributed by atoms with Crippen molar-refractivity contribution in [3.05, 3.63) is 0 Å². The molecule has 0 heterocycles. The summed E-state index contributed by atoms with van der Waals surface area (Å²) in [6, 6.07) is 0. The number of carbonyl (C=O) groups excluding carboxylic acids is 1. The van der Waals surface area contributed by atoms with E-state index >= 15 is 0 Å². The predicted molar refractivity (Wildman–Crippen MR) is 34.7 cm³/mol. The third kappa shape index (κ3) is 3.60. The van der Waals surface area contributed by atoms with Gasteiger partial charge in [0.2, 0.25) is 0 Å². The minimum atomic E-state index is -0.628. The van der Waals surface area contributed by atoms with Crippen LogP contribution < -0.4 is 0 Å². The molecule has 0 amide bonds. The average Bonchev–Trinajstić information content (AvgIpc) is 1.64. The van der Waals surface area contributed by atoms with E-state index in [1.54, 1.807) is 20.8 Å². The van der Waals surface area contributed by atoms with Crippen LogP contribution >= 0.6 is 0 Å². The minimum absolute atomic E-state index is 0.407. The highest BCUT2D eigenvalue weighted by molar-refractivity contribution is 5.39. The smallest absolute Gasteiger partial charge is 0.294 e. The topological polar surface area (TPSA) is 26.3 Å². The van der Waals surface area contributed by atoms with Gasteiger partial charge in [0, 0.05) is 0 Å². The van der Waals surface area contributed by atoms with Gasteiger partial charge in [0.15, 0.2) is 5.60 Å². The molecule has 0 aliphatic rings. The molecule has 0 aromatic carbocycles. The van der Waals surface area contributed by atoms with Crippen molar-refractivity contribution in [3.8, 4) is 11.8 Å². The van der Waals surface area contributed by atoms with Crippen LogP contribution in [0.1, 0.15) is 20.8 Å². The fourth-order valence-electron chi connectivity index (χ4n) is 0.451. The first-order valence-electron chi connectivity index (χ1n) is 2.68. The van der Waals surface area contributed by atoms with Gasteiger partial charge in [-0.3, -0.25) is 4.79 Å². The van der Waals surface area contributed by atoms with Gasteiger partial charge in [0.1, 0.15) is 0 Å². The molecule has 0 saturated heterocycles. The highest BCUT2D eigenvalue weighted by atomic mass is 16.5. The van der Waals surface area contributed by atoms with E-state index < -0.39 is 5.60 Å². The Labute approximate surface area is 55.2 Å². The van der Waals surface area contributed by atoms with Crippen LogP contribution in [0.25, 0.3) is 0 Å². The summed E-state index contributed by atoms with van der Waals surface area (Å²) in [6.07, 6.45) is 0. The lowest BCUT2D eigenvalue weighted by atomic mass is 10.1. The molecule has 0 spiro atoms. The van der Waals surface area contributed by atoms with Gasteiger partial charge in [0.25, 0.3) is 6.47 Å². The van der Waals surface area contributed by atoms with Crippen LogP contribution in [0.4, 0.5) is 0 Å². The molecule has 0 bridgehead atoms. The lowest BCUT2D eigenvalue weighted by molar-refractivity contribution is -0.135. The number of rotatable bonds is 2. The van der Waals surface area contributed by atoms with E-state index in [1.807, 2.05) is 0 Å². The maximum atomic E-state index is 9.81. The number of hydrogen-bond acceptors (Lipinski definition) is 2. The Kier molecular flexibility index (Phi) is 2.80. The second-order valence-electron chi connectivity index (χ2n) is 2.10. The van der Waals surface area contributed by atoms with Gasteiger partial charge in [-0.05, 0) is 20.8 Å². The summed E-state index contributed by atoms with van der Waals surface area (Å²) in [7, 11) is 0. The largest absolute Gasteiger partial charge is 0.449 e. The fourth-order valence-corrected chi connectivity index (χ4v) is 0.451. The van der Waals surface area contributed by atoms with Crippen molar-refractivity contribution in [2.45, 2.75) is 26.4 Å². The van der Waals surface area contributed by atoms with Crippen LogP contribution in [-0.2, 0) is 9.53 Å². The Morgan fingerprint density at radius 1 is 1.56 bits per heavy atom. The minimum Gasteiger partial charge on any atom is -0.449 e. The Morgan fingerprint density at radius 3 is 2.44 bits per heavy atom. The summed E-state index contributed by atoms with van der Waals surface area (Å²) in [5, 5.41) is 0. The average molecular weight is 126 g/mol. The van der Waals surface area contributed by atoms with Crippen LogP contribution in [0, 0.1) is 11.8 Å². The maximum Gasteiger partial charge on any atom is 0.294 e. The van der Waals surface area contributed by atoms with Gasteiger partial charge in [-0.25, -0.2) is 0 Å². The Balaban J connectivity index is 3.95. The van der Waals surface area contributed by atoms with Crippen LogP contribution in [-0.4, -0.2) is 12.1 Å². The van der Waals surface area contributed by atoms with E-state index in [0.29, 0.717) is 6.47 Å². The van der Waals surface area contributed by atoms with Crippen molar-refractivity contribution in [3.63, 3.8) is 0 Å². The molecular formula is C7H10O2. The van der Waals surface area contributed by atoms with Crippen molar-refractivity contribution in [1.29, 1.82) is 0 Å². The molecule has 0 unspecified atom stereocenters. The molecule has 0 aliphatic carbocycles. The maximum absolute atomic E-state index is 9.81. The molecule has 0 N–H and O–H groups in total. The van der Waals surface area contributed by atoms with Crippen LogP contribution in [0.15, 0.2) is 0 Å². The molecular weight excluding hydrogens is 116 g/mol. The van der Waals surface area contributed by atoms with Gasteiger partial charge in [0.05, 0.1) is 0 Å². The van der Waals surface area contributed by atoms with Gasteiger partial charge < -0.3 is 4.74 Å². The zero-order valence-corrected chi connectivity index (χ0v) is 5.89. The number of hydrogen-bond donors (Lipinski definition) is 0. The molecule has 0 fully saturated rings. The summed E-state index contributed by atoms with van der Waals surface area (Å²) in [4.78, 5) is 9.81. The first-order chi connectivity index (χ1) is 4.12. The standard InChI is InChI=1S/C7H10O2/c1-4-5-7(2,3)9-6-8/h6H,1-3H3. The molecule has 50 valence electrons. The molecule has 0 aromatic rings. The molecule has 0 saturated carbocycles. The van der Waals surface area contributed by atoms with E-state index in [-0.39, 0.29) is 0 Å². The normalized spacial score (nSPS) is 9.22. The lowest BCUT2D eigenvalue weighted by Gasteiger charge is -2.13. The van der Waals surface area contributed by atoms with Crippen molar-refractivity contribution >= 4 is 6.47 Å². The van der Waals surface area contributed by atoms with Gasteiger partial charge in [-0.15, -0.1) is 5.92 Å². The molecule has 9 heavy (non-hydrogen) atoms. The van der Waals surface area contributed by atoms with Crippen LogP contribution in [0.3, 0.4) is 0 Å². The predicted octanol–water partition coefficient (Wildman–Crippen LogP) is 0.961. The zero-order valence-electron chi connectivity index (χ0n) is 5.89. The fraction of sp³-hybridized carbons (Fsp3) is 0.571. The Hall–Kier alpha value is -0.970. The first-order valence-corrected chi connectivity index (χ1v) is 2.68. The highest BCUT2D eigenvalue weighted by Gasteiger charge is 2.12. The SMILES string of the molecule is CC#CC(C)(C)OC=O. The monoisotopic (exact) mass is 126 g/mol. The number of ether oxygens (including phenoxy) is 1. The number of carbonyl (C=O) groups is 1. The summed E-state index contributed by atoms with van der Waals surface area (Å²) in [5.41, 5.74) is -0.628. The van der Waals surface area contributed by atoms with Crippen molar-refractivity contribution < 1.29 is 9.53 Å². The molecule has 0 radical (unpaired) electrons. The third-order valence-corrected chi connectivity index (χ3v) is 0.769. The van der Waals surface area contributed by atoms with Crippen molar-refractivity contribution in [1.82, 2.24) is 0 Å². The van der Waals surface area contributed by atoms with E-state index in [9.17, 15) is 4.79 Å². The summed E-state index contributed by atoms with van der Waals surface area (Å²) in [6.45, 7) is 5.58. The summed E-state index contributed by atoms with van der Waals surface area (Å²) >= 11 is 0. The molecule has 0 rings (SSSR count). The van der Waals surface area contributed by atoms with E-state index in [1.165, 1.54) is 0 Å². The van der Waals surface area contributed by atoms with Gasteiger partial charge >= 0.3 is 0 Å². The van der Waals surface area contributed by atoms with Gasteiger partial charge in [-0.1, -0.05) is 5.92 Å². The lowest BCUT2D eigenvalue weighted by Crippen LogP contribution is -2.20. The molecule has 0 aliphatic heterocycles. The second-order valence-corrected chi connectivity index (χ2v) is 2.10. The van der Waals surface area contributed by atoms with Crippen molar-refractivity contribution in [2.75, 3.05) is 0 Å². The molecule has 0 atom stereocenters. The van der Waals surface area contributed by atoms with E-state index in [4.69, 9.17) is 0 Å². The van der Waals surface area contributed by atoms with Crippen LogP contribution in [0.5, 0.6) is 0 Å². The molecule has 0 aromatic heterocycles. The second kappa shape index (κ2) is 3.13. The van der Waals surface area contributed by atoms with Gasteiger partial charge in [-0.2, -0.15) is 0 Å². The summed E-state index contributed by atoms with van der Waals surface area (Å²) in [5.74, 6) is 5.38. The Bertz CT molecular complexity index is 148. The first kappa shape index (κ1) is 8.03.